The Balaban J connectivity index is 1.54. The highest BCUT2D eigenvalue weighted by Gasteiger charge is 2.29. The number of aromatic nitrogens is 4. The molecule has 0 aromatic carbocycles. The van der Waals surface area contributed by atoms with Crippen molar-refractivity contribution in [2.75, 3.05) is 18.0 Å². The molecule has 3 aromatic heterocycles. The summed E-state index contributed by atoms with van der Waals surface area (Å²) in [7, 11) is 0. The van der Waals surface area contributed by atoms with Crippen molar-refractivity contribution in [3.8, 4) is 0 Å². The van der Waals surface area contributed by atoms with Crippen LogP contribution in [0.5, 0.6) is 0 Å². The van der Waals surface area contributed by atoms with Crippen LogP contribution in [-0.4, -0.2) is 51.4 Å². The quantitative estimate of drug-likeness (QED) is 0.713. The zero-order valence-electron chi connectivity index (χ0n) is 15.0. The van der Waals surface area contributed by atoms with Gasteiger partial charge in [-0.25, -0.2) is 4.98 Å². The minimum absolute atomic E-state index is 0.207. The Bertz CT molecular complexity index is 1000. The summed E-state index contributed by atoms with van der Waals surface area (Å²) in [6.07, 6.45) is -0.978. The molecule has 1 fully saturated rings. The first-order valence-electron chi connectivity index (χ1n) is 9.10. The molecular weight excluding hydrogens is 373 g/mol. The molecule has 28 heavy (non-hydrogen) atoms. The Hall–Kier alpha value is -2.91. The number of hydrogen-bond donors (Lipinski definition) is 2. The zero-order valence-corrected chi connectivity index (χ0v) is 15.0. The number of fused-ring (bicyclic) bond motifs is 3. The fraction of sp³-hybridized carbons (Fsp3) is 0.444. The first-order valence-corrected chi connectivity index (χ1v) is 9.10. The van der Waals surface area contributed by atoms with Gasteiger partial charge in [0.15, 0.2) is 5.65 Å². The van der Waals surface area contributed by atoms with Gasteiger partial charge in [-0.2, -0.15) is 13.2 Å². The summed E-state index contributed by atoms with van der Waals surface area (Å²) in [6, 6.07) is 3.50. The van der Waals surface area contributed by atoms with Crippen LogP contribution in [0, 0.1) is 0 Å². The van der Waals surface area contributed by atoms with Crippen molar-refractivity contribution in [1.29, 1.82) is 0 Å². The van der Waals surface area contributed by atoms with Gasteiger partial charge < -0.3 is 15.2 Å². The predicted octanol–water partition coefficient (Wildman–Crippen LogP) is 2.93. The first kappa shape index (κ1) is 18.5. The van der Waals surface area contributed by atoms with E-state index in [1.807, 2.05) is 12.1 Å². The molecule has 7 nitrogen and oxygen atoms in total. The maximum atomic E-state index is 12.3. The first-order chi connectivity index (χ1) is 13.4. The molecule has 4 heterocycles. The summed E-state index contributed by atoms with van der Waals surface area (Å²) in [5.41, 5.74) is 1.29. The number of anilines is 1. The van der Waals surface area contributed by atoms with E-state index in [9.17, 15) is 18.0 Å². The van der Waals surface area contributed by atoms with Gasteiger partial charge in [0, 0.05) is 43.3 Å². The molecule has 0 aliphatic carbocycles. The van der Waals surface area contributed by atoms with Gasteiger partial charge in [0.1, 0.15) is 5.82 Å². The Morgan fingerprint density at radius 3 is 3.00 bits per heavy atom. The van der Waals surface area contributed by atoms with Crippen LogP contribution >= 0.6 is 0 Å². The molecule has 1 saturated heterocycles. The maximum absolute atomic E-state index is 12.3. The minimum atomic E-state index is -4.33. The number of carbonyl (C=O) groups excluding carboxylic acids is 1. The van der Waals surface area contributed by atoms with Crippen molar-refractivity contribution in [3.63, 3.8) is 0 Å². The standard InChI is InChI=1S/C18H19F3N6O/c19-18(20,21)6-3-14(28)24-11-2-1-9-27(10-11)17-15-12-4-7-22-16(12)26-25-13(15)5-8-23-17/h4-5,7-8,11,23H,1-3,6,9-10H2,(H,24,28). The van der Waals surface area contributed by atoms with Crippen molar-refractivity contribution in [1.82, 2.24) is 25.5 Å². The van der Waals surface area contributed by atoms with Crippen LogP contribution in [-0.2, 0) is 4.79 Å². The monoisotopic (exact) mass is 392 g/mol. The second kappa shape index (κ2) is 7.25. The highest BCUT2D eigenvalue weighted by atomic mass is 19.4. The Morgan fingerprint density at radius 1 is 1.32 bits per heavy atom. The van der Waals surface area contributed by atoms with Crippen LogP contribution in [0.3, 0.4) is 0 Å². The van der Waals surface area contributed by atoms with Gasteiger partial charge in [0.2, 0.25) is 5.91 Å². The number of piperidine rings is 1. The molecule has 4 rings (SSSR count). The second-order valence-electron chi connectivity index (χ2n) is 6.94. The largest absolute Gasteiger partial charge is 0.389 e. The van der Waals surface area contributed by atoms with Gasteiger partial charge >= 0.3 is 6.18 Å². The normalized spacial score (nSPS) is 18.0. The number of carbonyl (C=O) groups is 1. The van der Waals surface area contributed by atoms with E-state index >= 15 is 0 Å². The predicted molar refractivity (Wildman–Crippen MR) is 97.9 cm³/mol. The third kappa shape index (κ3) is 3.85. The third-order valence-corrected chi connectivity index (χ3v) is 4.89. The third-order valence-electron chi connectivity index (χ3n) is 4.89. The zero-order chi connectivity index (χ0) is 19.7. The van der Waals surface area contributed by atoms with Gasteiger partial charge in [-0.3, -0.25) is 4.79 Å². The number of alkyl halides is 3. The topological polar surface area (TPSA) is 86.8 Å². The average Bonchev–Trinajstić information content (AvgIpc) is 3.15. The lowest BCUT2D eigenvalue weighted by Gasteiger charge is -2.35. The van der Waals surface area contributed by atoms with E-state index in [0.717, 1.165) is 41.5 Å². The van der Waals surface area contributed by atoms with Crippen LogP contribution in [0.2, 0.25) is 0 Å². The van der Waals surface area contributed by atoms with Crippen molar-refractivity contribution in [3.05, 3.63) is 24.5 Å². The molecule has 1 atom stereocenters. The number of H-pyrrole nitrogens is 1. The van der Waals surface area contributed by atoms with Crippen molar-refractivity contribution < 1.29 is 18.0 Å². The molecule has 1 aliphatic rings. The molecule has 1 unspecified atom stereocenters. The summed E-state index contributed by atoms with van der Waals surface area (Å²) in [6.45, 7) is 1.27. The summed E-state index contributed by atoms with van der Waals surface area (Å²) < 4.78 is 37.0. The van der Waals surface area contributed by atoms with E-state index in [1.54, 1.807) is 12.4 Å². The summed E-state index contributed by atoms with van der Waals surface area (Å²) in [5.74, 6) is 0.277. The van der Waals surface area contributed by atoms with E-state index in [-0.39, 0.29) is 6.04 Å². The molecule has 0 bridgehead atoms. The molecule has 1 amide bonds. The van der Waals surface area contributed by atoms with Gasteiger partial charge in [0.05, 0.1) is 17.3 Å². The highest BCUT2D eigenvalue weighted by molar-refractivity contribution is 6.08. The van der Waals surface area contributed by atoms with Crippen molar-refractivity contribution in [2.45, 2.75) is 37.9 Å². The second-order valence-corrected chi connectivity index (χ2v) is 6.94. The van der Waals surface area contributed by atoms with Gasteiger partial charge in [-0.05, 0) is 25.0 Å². The van der Waals surface area contributed by atoms with Crippen molar-refractivity contribution in [2.24, 2.45) is 0 Å². The van der Waals surface area contributed by atoms with Crippen LogP contribution in [0.15, 0.2) is 24.5 Å². The molecule has 0 radical (unpaired) electrons. The molecule has 2 N–H and O–H groups in total. The van der Waals surface area contributed by atoms with E-state index in [1.165, 1.54) is 0 Å². The van der Waals surface area contributed by atoms with Gasteiger partial charge in [0.25, 0.3) is 0 Å². The number of nitrogens with one attached hydrogen (secondary N) is 2. The number of aromatic amines is 1. The maximum Gasteiger partial charge on any atom is 0.389 e. The molecule has 148 valence electrons. The number of rotatable bonds is 4. The lowest BCUT2D eigenvalue weighted by molar-refractivity contribution is -0.144. The molecule has 1 aliphatic heterocycles. The molecule has 3 aromatic rings. The summed E-state index contributed by atoms with van der Waals surface area (Å²) in [5, 5.41) is 12.8. The Labute approximate surface area is 158 Å². The summed E-state index contributed by atoms with van der Waals surface area (Å²) in [4.78, 5) is 21.4. The Kier molecular flexibility index (Phi) is 4.78. The van der Waals surface area contributed by atoms with E-state index < -0.39 is 24.9 Å². The highest BCUT2D eigenvalue weighted by Crippen LogP contribution is 2.31. The lowest BCUT2D eigenvalue weighted by Crippen LogP contribution is -2.48. The molecular formula is C18H19F3N6O. The van der Waals surface area contributed by atoms with E-state index in [2.05, 4.69) is 30.4 Å². The van der Waals surface area contributed by atoms with Gasteiger partial charge in [-0.15, -0.1) is 10.2 Å². The molecule has 0 spiro atoms. The fourth-order valence-electron chi connectivity index (χ4n) is 3.63. The van der Waals surface area contributed by atoms with Crippen LogP contribution < -0.4 is 10.2 Å². The number of pyridine rings is 1. The van der Waals surface area contributed by atoms with Crippen molar-refractivity contribution >= 4 is 33.7 Å². The minimum Gasteiger partial charge on any atom is -0.356 e. The average molecular weight is 392 g/mol. The van der Waals surface area contributed by atoms with Crippen LogP contribution in [0.4, 0.5) is 19.0 Å². The number of halogens is 3. The van der Waals surface area contributed by atoms with Crippen LogP contribution in [0.1, 0.15) is 25.7 Å². The number of nitrogens with zero attached hydrogens (tertiary/aromatic N) is 4. The lowest BCUT2D eigenvalue weighted by atomic mass is 10.0. The summed E-state index contributed by atoms with van der Waals surface area (Å²) >= 11 is 0. The SMILES string of the molecule is O=C(CCC(F)(F)F)NC1CCCN(c2[nH]ccc3nnc4nccc4c23)C1. The number of amides is 1. The molecule has 10 heteroatoms. The van der Waals surface area contributed by atoms with E-state index in [0.29, 0.717) is 12.2 Å². The van der Waals surface area contributed by atoms with Crippen LogP contribution in [0.25, 0.3) is 21.9 Å². The van der Waals surface area contributed by atoms with E-state index in [4.69, 9.17) is 0 Å². The molecule has 0 saturated carbocycles. The smallest absolute Gasteiger partial charge is 0.356 e. The van der Waals surface area contributed by atoms with Gasteiger partial charge in [-0.1, -0.05) is 0 Å². The number of hydrogen-bond acceptors (Lipinski definition) is 5. The fourth-order valence-corrected chi connectivity index (χ4v) is 3.63. The Morgan fingerprint density at radius 2 is 2.18 bits per heavy atom.